The standard InChI is InChI=1S/C17H15F2N3O3S/c1-24-13-5-4-10(7-14(13)25-17(18)19)9-20-16(23)12-8-11(21-22-12)15-3-2-6-26-15/h2-8,17H,9H2,1H3,(H,20,23)(H,21,22). The van der Waals surface area contributed by atoms with E-state index in [4.69, 9.17) is 4.74 Å². The number of carbonyl (C=O) groups excluding carboxylic acids is 1. The van der Waals surface area contributed by atoms with Gasteiger partial charge < -0.3 is 14.8 Å². The van der Waals surface area contributed by atoms with E-state index in [2.05, 4.69) is 20.3 Å². The molecule has 136 valence electrons. The van der Waals surface area contributed by atoms with E-state index in [1.54, 1.807) is 12.1 Å². The zero-order chi connectivity index (χ0) is 18.5. The van der Waals surface area contributed by atoms with Crippen LogP contribution in [0, 0.1) is 0 Å². The average Bonchev–Trinajstić information content (AvgIpc) is 3.30. The first-order valence-electron chi connectivity index (χ1n) is 7.56. The smallest absolute Gasteiger partial charge is 0.387 e. The number of halogens is 2. The third-order valence-corrected chi connectivity index (χ3v) is 4.40. The molecule has 2 heterocycles. The number of nitrogens with one attached hydrogen (secondary N) is 2. The average molecular weight is 379 g/mol. The Hall–Kier alpha value is -2.94. The molecule has 0 spiro atoms. The van der Waals surface area contributed by atoms with Crippen LogP contribution in [0.5, 0.6) is 11.5 Å². The lowest BCUT2D eigenvalue weighted by atomic mass is 10.2. The van der Waals surface area contributed by atoms with Gasteiger partial charge in [-0.05, 0) is 35.2 Å². The highest BCUT2D eigenvalue weighted by atomic mass is 32.1. The largest absolute Gasteiger partial charge is 0.493 e. The molecule has 0 aliphatic rings. The Morgan fingerprint density at radius 1 is 1.31 bits per heavy atom. The lowest BCUT2D eigenvalue weighted by Gasteiger charge is -2.11. The number of methoxy groups -OCH3 is 1. The van der Waals surface area contributed by atoms with Crippen LogP contribution in [-0.2, 0) is 6.54 Å². The van der Waals surface area contributed by atoms with Crippen molar-refractivity contribution in [3.63, 3.8) is 0 Å². The first kappa shape index (κ1) is 17.9. The van der Waals surface area contributed by atoms with Gasteiger partial charge in [0.05, 0.1) is 17.7 Å². The Bertz CT molecular complexity index is 881. The highest BCUT2D eigenvalue weighted by molar-refractivity contribution is 7.13. The zero-order valence-electron chi connectivity index (χ0n) is 13.7. The summed E-state index contributed by atoms with van der Waals surface area (Å²) in [5.41, 5.74) is 1.58. The minimum Gasteiger partial charge on any atom is -0.493 e. The number of alkyl halides is 2. The molecule has 1 aromatic carbocycles. The number of thiophene rings is 1. The Kier molecular flexibility index (Phi) is 5.47. The molecule has 0 saturated heterocycles. The maximum atomic E-state index is 12.5. The summed E-state index contributed by atoms with van der Waals surface area (Å²) in [7, 11) is 1.36. The van der Waals surface area contributed by atoms with Crippen molar-refractivity contribution in [2.45, 2.75) is 13.2 Å². The van der Waals surface area contributed by atoms with Crippen molar-refractivity contribution >= 4 is 17.2 Å². The van der Waals surface area contributed by atoms with Crippen molar-refractivity contribution < 1.29 is 23.0 Å². The van der Waals surface area contributed by atoms with Gasteiger partial charge in [0.15, 0.2) is 17.2 Å². The maximum absolute atomic E-state index is 12.5. The number of hydrogen-bond acceptors (Lipinski definition) is 5. The highest BCUT2D eigenvalue weighted by Gasteiger charge is 2.14. The molecule has 3 aromatic rings. The maximum Gasteiger partial charge on any atom is 0.387 e. The third-order valence-electron chi connectivity index (χ3n) is 3.49. The topological polar surface area (TPSA) is 76.2 Å². The number of nitrogens with zero attached hydrogens (tertiary/aromatic N) is 1. The van der Waals surface area contributed by atoms with Crippen LogP contribution in [0.1, 0.15) is 16.1 Å². The van der Waals surface area contributed by atoms with Crippen LogP contribution < -0.4 is 14.8 Å². The molecule has 0 aliphatic heterocycles. The second kappa shape index (κ2) is 7.96. The molecule has 0 bridgehead atoms. The number of rotatable bonds is 7. The lowest BCUT2D eigenvalue weighted by molar-refractivity contribution is -0.0512. The summed E-state index contributed by atoms with van der Waals surface area (Å²) < 4.78 is 34.3. The molecule has 0 unspecified atom stereocenters. The van der Waals surface area contributed by atoms with Crippen molar-refractivity contribution in [3.05, 3.63) is 53.0 Å². The Morgan fingerprint density at radius 3 is 2.85 bits per heavy atom. The van der Waals surface area contributed by atoms with Crippen LogP contribution in [0.25, 0.3) is 10.6 Å². The summed E-state index contributed by atoms with van der Waals surface area (Å²) in [6.45, 7) is -2.84. The van der Waals surface area contributed by atoms with E-state index < -0.39 is 6.61 Å². The fourth-order valence-corrected chi connectivity index (χ4v) is 2.98. The zero-order valence-corrected chi connectivity index (χ0v) is 14.5. The molecule has 2 aromatic heterocycles. The van der Waals surface area contributed by atoms with Crippen LogP contribution in [-0.4, -0.2) is 29.8 Å². The van der Waals surface area contributed by atoms with Crippen molar-refractivity contribution in [2.75, 3.05) is 7.11 Å². The van der Waals surface area contributed by atoms with E-state index in [1.165, 1.54) is 30.6 Å². The van der Waals surface area contributed by atoms with Crippen molar-refractivity contribution in [1.29, 1.82) is 0 Å². The number of carbonyl (C=O) groups is 1. The van der Waals surface area contributed by atoms with Gasteiger partial charge in [-0.3, -0.25) is 9.89 Å². The molecule has 3 rings (SSSR count). The molecule has 0 fully saturated rings. The number of aromatic nitrogens is 2. The van der Waals surface area contributed by atoms with E-state index in [0.717, 1.165) is 10.6 Å². The molecule has 0 aliphatic carbocycles. The summed E-state index contributed by atoms with van der Waals surface area (Å²) in [4.78, 5) is 13.2. The van der Waals surface area contributed by atoms with E-state index in [9.17, 15) is 13.6 Å². The van der Waals surface area contributed by atoms with E-state index in [-0.39, 0.29) is 29.6 Å². The molecule has 0 radical (unpaired) electrons. The Morgan fingerprint density at radius 2 is 2.15 bits per heavy atom. The number of amides is 1. The normalized spacial score (nSPS) is 10.8. The van der Waals surface area contributed by atoms with E-state index >= 15 is 0 Å². The second-order valence-corrected chi connectivity index (χ2v) is 6.14. The second-order valence-electron chi connectivity index (χ2n) is 5.19. The number of ether oxygens (including phenoxy) is 2. The van der Waals surface area contributed by atoms with Gasteiger partial charge in [0.2, 0.25) is 0 Å². The van der Waals surface area contributed by atoms with Gasteiger partial charge in [0, 0.05) is 6.54 Å². The van der Waals surface area contributed by atoms with Crippen molar-refractivity contribution in [3.8, 4) is 22.1 Å². The van der Waals surface area contributed by atoms with Gasteiger partial charge in [-0.15, -0.1) is 11.3 Å². The van der Waals surface area contributed by atoms with Gasteiger partial charge in [-0.1, -0.05) is 12.1 Å². The number of hydrogen-bond donors (Lipinski definition) is 2. The number of benzene rings is 1. The summed E-state index contributed by atoms with van der Waals surface area (Å²) >= 11 is 1.53. The minimum atomic E-state index is -2.96. The summed E-state index contributed by atoms with van der Waals surface area (Å²) in [5, 5.41) is 11.4. The highest BCUT2D eigenvalue weighted by Crippen LogP contribution is 2.29. The molecule has 2 N–H and O–H groups in total. The lowest BCUT2D eigenvalue weighted by Crippen LogP contribution is -2.23. The van der Waals surface area contributed by atoms with Gasteiger partial charge in [0.25, 0.3) is 5.91 Å². The predicted octanol–water partition coefficient (Wildman–Crippen LogP) is 3.68. The third kappa shape index (κ3) is 4.17. The van der Waals surface area contributed by atoms with Crippen LogP contribution >= 0.6 is 11.3 Å². The molecule has 9 heteroatoms. The first-order valence-corrected chi connectivity index (χ1v) is 8.44. The molecule has 0 atom stereocenters. The molecule has 1 amide bonds. The number of H-pyrrole nitrogens is 1. The van der Waals surface area contributed by atoms with E-state index in [0.29, 0.717) is 5.56 Å². The number of aromatic amines is 1. The van der Waals surface area contributed by atoms with Crippen LogP contribution in [0.15, 0.2) is 41.8 Å². The van der Waals surface area contributed by atoms with Crippen molar-refractivity contribution in [2.24, 2.45) is 0 Å². The SMILES string of the molecule is COc1ccc(CNC(=O)c2cc(-c3cccs3)[nH]n2)cc1OC(F)F. The Labute approximate surface area is 151 Å². The van der Waals surface area contributed by atoms with Crippen LogP contribution in [0.4, 0.5) is 8.78 Å². The van der Waals surface area contributed by atoms with Crippen molar-refractivity contribution in [1.82, 2.24) is 15.5 Å². The summed E-state index contributed by atoms with van der Waals surface area (Å²) in [6.07, 6.45) is 0. The quantitative estimate of drug-likeness (QED) is 0.657. The van der Waals surface area contributed by atoms with Gasteiger partial charge in [-0.2, -0.15) is 13.9 Å². The molecular formula is C17H15F2N3O3S. The summed E-state index contributed by atoms with van der Waals surface area (Å²) in [6, 6.07) is 10.0. The minimum absolute atomic E-state index is 0.0889. The van der Waals surface area contributed by atoms with Gasteiger partial charge >= 0.3 is 6.61 Å². The summed E-state index contributed by atoms with van der Waals surface area (Å²) in [5.74, 6) is -0.279. The Balaban J connectivity index is 1.66. The predicted molar refractivity (Wildman–Crippen MR) is 92.7 cm³/mol. The monoisotopic (exact) mass is 379 g/mol. The molecule has 6 nitrogen and oxygen atoms in total. The van der Waals surface area contributed by atoms with E-state index in [1.807, 2.05) is 17.5 Å². The van der Waals surface area contributed by atoms with Gasteiger partial charge in [0.1, 0.15) is 0 Å². The van der Waals surface area contributed by atoms with Crippen LogP contribution in [0.3, 0.4) is 0 Å². The first-order chi connectivity index (χ1) is 12.6. The molecule has 0 saturated carbocycles. The molecule has 26 heavy (non-hydrogen) atoms. The van der Waals surface area contributed by atoms with Gasteiger partial charge in [-0.25, -0.2) is 0 Å². The fourth-order valence-electron chi connectivity index (χ4n) is 2.29. The van der Waals surface area contributed by atoms with Crippen LogP contribution in [0.2, 0.25) is 0 Å². The molecular weight excluding hydrogens is 364 g/mol. The fraction of sp³-hybridized carbons (Fsp3) is 0.176.